The lowest BCUT2D eigenvalue weighted by molar-refractivity contribution is -0.131. The minimum atomic E-state index is -1.11. The smallest absolute Gasteiger partial charge is 0.254 e. The fourth-order valence-corrected chi connectivity index (χ4v) is 4.22. The number of hydrogen-bond donors (Lipinski definition) is 1. The van der Waals surface area contributed by atoms with E-state index in [-0.39, 0.29) is 22.2 Å². The van der Waals surface area contributed by atoms with E-state index in [0.717, 1.165) is 12.1 Å². The molecule has 31 heavy (non-hydrogen) atoms. The van der Waals surface area contributed by atoms with Crippen molar-refractivity contribution in [3.63, 3.8) is 0 Å². The van der Waals surface area contributed by atoms with E-state index in [1.807, 2.05) is 0 Å². The highest BCUT2D eigenvalue weighted by atomic mass is 32.1. The number of morpholine rings is 1. The second-order valence-electron chi connectivity index (χ2n) is 7.23. The van der Waals surface area contributed by atoms with Gasteiger partial charge in [-0.15, -0.1) is 0 Å². The predicted molar refractivity (Wildman–Crippen MR) is 114 cm³/mol. The Kier molecular flexibility index (Phi) is 5.97. The Labute approximate surface area is 183 Å². The van der Waals surface area contributed by atoms with Gasteiger partial charge in [0.1, 0.15) is 17.5 Å². The van der Waals surface area contributed by atoms with Gasteiger partial charge in [0.25, 0.3) is 5.91 Å². The van der Waals surface area contributed by atoms with Crippen LogP contribution in [0.1, 0.15) is 18.5 Å². The summed E-state index contributed by atoms with van der Waals surface area (Å²) in [7, 11) is 0. The molecule has 1 saturated heterocycles. The van der Waals surface area contributed by atoms with Crippen molar-refractivity contribution in [1.82, 2.24) is 10.2 Å². The third kappa shape index (κ3) is 4.03. The van der Waals surface area contributed by atoms with E-state index in [4.69, 9.17) is 17.0 Å². The van der Waals surface area contributed by atoms with Crippen molar-refractivity contribution in [1.29, 1.82) is 0 Å². The van der Waals surface area contributed by atoms with Gasteiger partial charge >= 0.3 is 0 Å². The molecule has 9 heteroatoms. The molecule has 1 amide bonds. The normalized spacial score (nSPS) is 19.5. The van der Waals surface area contributed by atoms with E-state index in [9.17, 15) is 18.0 Å². The maximum Gasteiger partial charge on any atom is 0.254 e. The highest BCUT2D eigenvalue weighted by Crippen LogP contribution is 2.36. The minimum absolute atomic E-state index is 0.148. The number of nitrogens with zero attached hydrogens (tertiary/aromatic N) is 2. The highest BCUT2D eigenvalue weighted by molar-refractivity contribution is 7.80. The lowest BCUT2D eigenvalue weighted by atomic mass is 9.92. The van der Waals surface area contributed by atoms with Gasteiger partial charge in [-0.1, -0.05) is 6.07 Å². The van der Waals surface area contributed by atoms with Crippen LogP contribution in [0.3, 0.4) is 0 Å². The predicted octanol–water partition coefficient (Wildman–Crippen LogP) is 3.67. The molecule has 0 bridgehead atoms. The second-order valence-corrected chi connectivity index (χ2v) is 7.62. The molecule has 0 saturated carbocycles. The number of carbonyl (C=O) groups excluding carboxylic acids is 1. The van der Waals surface area contributed by atoms with E-state index in [0.29, 0.717) is 37.7 Å². The number of rotatable bonds is 3. The molecule has 4 rings (SSSR count). The van der Waals surface area contributed by atoms with E-state index >= 15 is 0 Å². The van der Waals surface area contributed by atoms with Gasteiger partial charge in [0.2, 0.25) is 0 Å². The van der Waals surface area contributed by atoms with Crippen LogP contribution in [0.2, 0.25) is 0 Å². The molecule has 0 spiro atoms. The topological polar surface area (TPSA) is 44.8 Å². The van der Waals surface area contributed by atoms with Crippen LogP contribution in [0.4, 0.5) is 18.9 Å². The number of nitrogens with one attached hydrogen (secondary N) is 1. The zero-order chi connectivity index (χ0) is 22.1. The lowest BCUT2D eigenvalue weighted by Gasteiger charge is -2.40. The van der Waals surface area contributed by atoms with Gasteiger partial charge in [-0.05, 0) is 55.5 Å². The maximum atomic E-state index is 14.7. The fourth-order valence-electron chi connectivity index (χ4n) is 3.86. The van der Waals surface area contributed by atoms with Gasteiger partial charge in [0.05, 0.1) is 30.4 Å². The molecule has 2 aliphatic rings. The Hall–Kier alpha value is -2.91. The van der Waals surface area contributed by atoms with Crippen LogP contribution in [-0.4, -0.2) is 42.2 Å². The van der Waals surface area contributed by atoms with Crippen molar-refractivity contribution in [3.8, 4) is 0 Å². The molecular formula is C22H20F3N3O2S. The van der Waals surface area contributed by atoms with Gasteiger partial charge in [-0.25, -0.2) is 13.2 Å². The first kappa shape index (κ1) is 21.3. The largest absolute Gasteiger partial charge is 0.378 e. The number of carbonyl (C=O) groups is 1. The molecule has 1 atom stereocenters. The standard InChI is InChI=1S/C22H20F3N3O2S/c1-13-18(21(29)27-9-11-30-12-10-27)20(19-16(24)3-2-4-17(19)25)26-22(31)28(13)15-7-5-14(23)6-8-15/h2-8,20H,9-12H2,1H3,(H,26,31). The summed E-state index contributed by atoms with van der Waals surface area (Å²) in [6, 6.07) is 8.03. The summed E-state index contributed by atoms with van der Waals surface area (Å²) in [6.45, 7) is 3.15. The van der Waals surface area contributed by atoms with Crippen molar-refractivity contribution in [2.24, 2.45) is 0 Å². The third-order valence-electron chi connectivity index (χ3n) is 5.39. The maximum absolute atomic E-state index is 14.7. The van der Waals surface area contributed by atoms with Crippen LogP contribution in [0, 0.1) is 17.5 Å². The molecule has 1 unspecified atom stereocenters. The summed E-state index contributed by atoms with van der Waals surface area (Å²) in [6.07, 6.45) is 0. The van der Waals surface area contributed by atoms with Crippen LogP contribution in [0.5, 0.6) is 0 Å². The van der Waals surface area contributed by atoms with Crippen molar-refractivity contribution >= 4 is 28.9 Å². The summed E-state index contributed by atoms with van der Waals surface area (Å²) in [5, 5.41) is 3.07. The van der Waals surface area contributed by atoms with Gasteiger partial charge in [0.15, 0.2) is 5.11 Å². The van der Waals surface area contributed by atoms with Crippen molar-refractivity contribution < 1.29 is 22.7 Å². The number of allylic oxidation sites excluding steroid dienone is 1. The van der Waals surface area contributed by atoms with Crippen LogP contribution < -0.4 is 10.2 Å². The van der Waals surface area contributed by atoms with Crippen molar-refractivity contribution in [2.75, 3.05) is 31.2 Å². The van der Waals surface area contributed by atoms with Gasteiger partial charge < -0.3 is 15.0 Å². The van der Waals surface area contributed by atoms with Crippen LogP contribution in [0.15, 0.2) is 53.7 Å². The molecule has 162 valence electrons. The minimum Gasteiger partial charge on any atom is -0.378 e. The summed E-state index contributed by atoms with van der Waals surface area (Å²) in [5.74, 6) is -2.35. The summed E-state index contributed by atoms with van der Waals surface area (Å²) in [4.78, 5) is 16.7. The third-order valence-corrected chi connectivity index (χ3v) is 5.69. The van der Waals surface area contributed by atoms with Gasteiger partial charge in [0, 0.05) is 24.5 Å². The number of halogens is 3. The zero-order valence-electron chi connectivity index (χ0n) is 16.7. The van der Waals surface area contributed by atoms with E-state index in [2.05, 4.69) is 5.32 Å². The first-order valence-corrected chi connectivity index (χ1v) is 10.2. The first-order chi connectivity index (χ1) is 14.9. The molecular weight excluding hydrogens is 427 g/mol. The molecule has 2 aromatic carbocycles. The van der Waals surface area contributed by atoms with E-state index < -0.39 is 23.5 Å². The summed E-state index contributed by atoms with van der Waals surface area (Å²) < 4.78 is 48.1. The Morgan fingerprint density at radius 1 is 1.06 bits per heavy atom. The van der Waals surface area contributed by atoms with E-state index in [1.54, 1.807) is 16.7 Å². The average Bonchev–Trinajstić information content (AvgIpc) is 2.75. The number of hydrogen-bond acceptors (Lipinski definition) is 3. The molecule has 2 aromatic rings. The SMILES string of the molecule is CC1=C(C(=O)N2CCOCC2)C(c2c(F)cccc2F)NC(=S)N1c1ccc(F)cc1. The summed E-state index contributed by atoms with van der Waals surface area (Å²) in [5.41, 5.74) is 0.832. The Morgan fingerprint density at radius 2 is 1.68 bits per heavy atom. The quantitative estimate of drug-likeness (QED) is 0.728. The molecule has 0 aliphatic carbocycles. The van der Waals surface area contributed by atoms with Gasteiger partial charge in [-0.3, -0.25) is 9.69 Å². The van der Waals surface area contributed by atoms with E-state index in [1.165, 1.54) is 30.3 Å². The summed E-state index contributed by atoms with van der Waals surface area (Å²) >= 11 is 5.48. The number of thiocarbonyl (C=S) groups is 1. The number of amides is 1. The second kappa shape index (κ2) is 8.68. The number of ether oxygens (including phenoxy) is 1. The number of benzene rings is 2. The van der Waals surface area contributed by atoms with Gasteiger partial charge in [-0.2, -0.15) is 0 Å². The Bertz CT molecular complexity index is 1030. The molecule has 0 aromatic heterocycles. The monoisotopic (exact) mass is 447 g/mol. The van der Waals surface area contributed by atoms with Crippen molar-refractivity contribution in [2.45, 2.75) is 13.0 Å². The number of anilines is 1. The van der Waals surface area contributed by atoms with Crippen LogP contribution in [0.25, 0.3) is 0 Å². The average molecular weight is 447 g/mol. The Morgan fingerprint density at radius 3 is 2.29 bits per heavy atom. The molecule has 2 aliphatic heterocycles. The highest BCUT2D eigenvalue weighted by Gasteiger charge is 2.39. The van der Waals surface area contributed by atoms with Crippen LogP contribution >= 0.6 is 12.2 Å². The molecule has 5 nitrogen and oxygen atoms in total. The fraction of sp³-hybridized carbons (Fsp3) is 0.273. The Balaban J connectivity index is 1.86. The zero-order valence-corrected chi connectivity index (χ0v) is 17.5. The lowest BCUT2D eigenvalue weighted by Crippen LogP contribution is -2.51. The first-order valence-electron chi connectivity index (χ1n) is 9.76. The molecule has 0 radical (unpaired) electrons. The molecule has 1 fully saturated rings. The molecule has 1 N–H and O–H groups in total. The molecule has 2 heterocycles. The van der Waals surface area contributed by atoms with Crippen LogP contribution in [-0.2, 0) is 9.53 Å². The van der Waals surface area contributed by atoms with Crippen molar-refractivity contribution in [3.05, 3.63) is 76.7 Å².